The third-order valence-corrected chi connectivity index (χ3v) is 11.5. The summed E-state index contributed by atoms with van der Waals surface area (Å²) in [5.41, 5.74) is 15.3. The average Bonchev–Trinajstić information content (AvgIpc) is 3.69. The van der Waals surface area contributed by atoms with Crippen molar-refractivity contribution in [3.05, 3.63) is 231 Å². The van der Waals surface area contributed by atoms with E-state index in [4.69, 9.17) is 15.0 Å². The summed E-state index contributed by atoms with van der Waals surface area (Å²) < 4.78 is 2.35. The van der Waals surface area contributed by atoms with Gasteiger partial charge in [-0.15, -0.1) is 0 Å². The fraction of sp³-hybridized carbons (Fsp3) is 0. The predicted octanol–water partition coefficient (Wildman–Crippen LogP) is 14.6. The maximum atomic E-state index is 5.35. The number of hydrogen-bond acceptors (Lipinski definition) is 3. The molecular weight excluding hydrogens is 741 g/mol. The molecule has 0 bridgehead atoms. The van der Waals surface area contributed by atoms with E-state index in [1.165, 1.54) is 22.3 Å². The van der Waals surface area contributed by atoms with Gasteiger partial charge in [-0.05, 0) is 87.0 Å². The summed E-state index contributed by atoms with van der Waals surface area (Å²) in [6.07, 6.45) is 0. The average molecular weight is 779 g/mol. The molecule has 11 rings (SSSR count). The second-order valence-corrected chi connectivity index (χ2v) is 15.2. The summed E-state index contributed by atoms with van der Waals surface area (Å²) >= 11 is 0. The normalized spacial score (nSPS) is 11.3. The Labute approximate surface area is 354 Å². The first-order valence-electron chi connectivity index (χ1n) is 20.6. The third kappa shape index (κ3) is 6.86. The van der Waals surface area contributed by atoms with Crippen LogP contribution in [0.1, 0.15) is 0 Å². The first kappa shape index (κ1) is 35.9. The monoisotopic (exact) mass is 778 g/mol. The number of para-hydroxylation sites is 1. The highest BCUT2D eigenvalue weighted by molar-refractivity contribution is 6.15. The maximum absolute atomic E-state index is 5.35. The molecule has 0 atom stereocenters. The fourth-order valence-corrected chi connectivity index (χ4v) is 8.47. The number of nitrogens with zero attached hydrogens (tertiary/aromatic N) is 4. The second-order valence-electron chi connectivity index (χ2n) is 15.2. The Morgan fingerprint density at radius 2 is 0.656 bits per heavy atom. The van der Waals surface area contributed by atoms with Gasteiger partial charge in [0.25, 0.3) is 0 Å². The number of aromatic nitrogens is 4. The minimum atomic E-state index is 0.618. The summed E-state index contributed by atoms with van der Waals surface area (Å²) in [5, 5.41) is 2.23. The molecule has 0 fully saturated rings. The van der Waals surface area contributed by atoms with Gasteiger partial charge in [0.05, 0.1) is 11.0 Å². The van der Waals surface area contributed by atoms with Gasteiger partial charge in [-0.3, -0.25) is 0 Å². The van der Waals surface area contributed by atoms with E-state index in [2.05, 4.69) is 217 Å². The Morgan fingerprint density at radius 3 is 1.21 bits per heavy atom. The van der Waals surface area contributed by atoms with Crippen molar-refractivity contribution < 1.29 is 0 Å². The first-order valence-corrected chi connectivity index (χ1v) is 20.6. The highest BCUT2D eigenvalue weighted by atomic mass is 15.0. The molecule has 286 valence electrons. The standard InChI is InChI=1S/C57H38N4/c1-5-16-39(17-6-1)42-28-30-43(31-29-42)44-32-34-49(35-33-44)61-52-26-14-13-24-50(52)54-51(25-15-27-53(54)61)57-59-55(45-22-11-4-12-23-45)58-56(60-57)48-37-46(40-18-7-2-8-19-40)36-47(38-48)41-20-9-3-10-21-41/h1-38H. The van der Waals surface area contributed by atoms with Gasteiger partial charge in [-0.2, -0.15) is 0 Å². The Hall–Kier alpha value is -8.21. The molecule has 4 heteroatoms. The molecule has 0 spiro atoms. The van der Waals surface area contributed by atoms with Crippen LogP contribution in [0.25, 0.3) is 106 Å². The van der Waals surface area contributed by atoms with Gasteiger partial charge in [-0.25, -0.2) is 15.0 Å². The van der Waals surface area contributed by atoms with E-state index in [9.17, 15) is 0 Å². The van der Waals surface area contributed by atoms with Crippen LogP contribution in [0, 0.1) is 0 Å². The van der Waals surface area contributed by atoms with Gasteiger partial charge >= 0.3 is 0 Å². The van der Waals surface area contributed by atoms with E-state index in [0.29, 0.717) is 17.5 Å². The van der Waals surface area contributed by atoms with Gasteiger partial charge < -0.3 is 4.57 Å². The van der Waals surface area contributed by atoms with Crippen LogP contribution in [0.2, 0.25) is 0 Å². The smallest absolute Gasteiger partial charge is 0.164 e. The molecule has 0 aliphatic rings. The van der Waals surface area contributed by atoms with Crippen LogP contribution >= 0.6 is 0 Å². The lowest BCUT2D eigenvalue weighted by Crippen LogP contribution is -2.01. The van der Waals surface area contributed by atoms with Crippen LogP contribution in [-0.2, 0) is 0 Å². The Kier molecular flexibility index (Phi) is 9.14. The van der Waals surface area contributed by atoms with Gasteiger partial charge in [0.2, 0.25) is 0 Å². The van der Waals surface area contributed by atoms with Crippen molar-refractivity contribution in [1.82, 2.24) is 19.5 Å². The van der Waals surface area contributed by atoms with Crippen molar-refractivity contribution in [3.8, 4) is 84.4 Å². The molecule has 11 aromatic rings. The van der Waals surface area contributed by atoms with Crippen LogP contribution in [0.4, 0.5) is 0 Å². The summed E-state index contributed by atoms with van der Waals surface area (Å²) in [5.74, 6) is 1.87. The first-order chi connectivity index (χ1) is 30.2. The van der Waals surface area contributed by atoms with Crippen molar-refractivity contribution in [1.29, 1.82) is 0 Å². The SMILES string of the molecule is c1ccc(-c2ccc(-c3ccc(-n4c5ccccc5c5c(-c6nc(-c7ccccc7)nc(-c7cc(-c8ccccc8)cc(-c8ccccc8)c7)n6)cccc54)cc3)cc2)cc1. The molecule has 0 unspecified atom stereocenters. The Bertz CT molecular complexity index is 3250. The molecule has 0 saturated carbocycles. The van der Waals surface area contributed by atoms with Crippen molar-refractivity contribution in [2.45, 2.75) is 0 Å². The largest absolute Gasteiger partial charge is 0.309 e. The van der Waals surface area contributed by atoms with Crippen molar-refractivity contribution >= 4 is 21.8 Å². The van der Waals surface area contributed by atoms with Crippen LogP contribution in [0.5, 0.6) is 0 Å². The Morgan fingerprint density at radius 1 is 0.262 bits per heavy atom. The van der Waals surface area contributed by atoms with Crippen LogP contribution < -0.4 is 0 Å². The summed E-state index contributed by atoms with van der Waals surface area (Å²) in [6.45, 7) is 0. The molecule has 0 N–H and O–H groups in total. The molecule has 2 heterocycles. The van der Waals surface area contributed by atoms with Gasteiger partial charge in [0.15, 0.2) is 17.5 Å². The maximum Gasteiger partial charge on any atom is 0.164 e. The molecule has 0 amide bonds. The minimum absolute atomic E-state index is 0.618. The molecule has 61 heavy (non-hydrogen) atoms. The molecule has 0 aliphatic carbocycles. The van der Waals surface area contributed by atoms with E-state index >= 15 is 0 Å². The summed E-state index contributed by atoms with van der Waals surface area (Å²) in [4.78, 5) is 15.8. The number of fused-ring (bicyclic) bond motifs is 3. The zero-order valence-electron chi connectivity index (χ0n) is 33.2. The van der Waals surface area contributed by atoms with Crippen molar-refractivity contribution in [2.75, 3.05) is 0 Å². The van der Waals surface area contributed by atoms with Crippen LogP contribution in [0.3, 0.4) is 0 Å². The fourth-order valence-electron chi connectivity index (χ4n) is 8.47. The molecule has 0 saturated heterocycles. The van der Waals surface area contributed by atoms with E-state index in [1.807, 2.05) is 18.2 Å². The second kappa shape index (κ2) is 15.5. The lowest BCUT2D eigenvalue weighted by molar-refractivity contribution is 1.08. The lowest BCUT2D eigenvalue weighted by Gasteiger charge is -2.13. The highest BCUT2D eigenvalue weighted by Gasteiger charge is 2.20. The number of hydrogen-bond donors (Lipinski definition) is 0. The van der Waals surface area contributed by atoms with Gasteiger partial charge in [0.1, 0.15) is 0 Å². The van der Waals surface area contributed by atoms with E-state index in [1.54, 1.807) is 0 Å². The number of benzene rings is 9. The quantitative estimate of drug-likeness (QED) is 0.154. The minimum Gasteiger partial charge on any atom is -0.309 e. The molecule has 0 radical (unpaired) electrons. The zero-order valence-corrected chi connectivity index (χ0v) is 33.2. The molecule has 0 aliphatic heterocycles. The summed E-state index contributed by atoms with van der Waals surface area (Å²) in [7, 11) is 0. The van der Waals surface area contributed by atoms with Gasteiger partial charge in [0, 0.05) is 33.2 Å². The number of rotatable bonds is 8. The highest BCUT2D eigenvalue weighted by Crippen LogP contribution is 2.40. The molecule has 2 aromatic heterocycles. The topological polar surface area (TPSA) is 43.6 Å². The van der Waals surface area contributed by atoms with Crippen molar-refractivity contribution in [3.63, 3.8) is 0 Å². The Balaban J connectivity index is 1.06. The van der Waals surface area contributed by atoms with Crippen LogP contribution in [-0.4, -0.2) is 19.5 Å². The third-order valence-electron chi connectivity index (χ3n) is 11.5. The predicted molar refractivity (Wildman–Crippen MR) is 252 cm³/mol. The van der Waals surface area contributed by atoms with E-state index in [-0.39, 0.29) is 0 Å². The van der Waals surface area contributed by atoms with Crippen molar-refractivity contribution in [2.24, 2.45) is 0 Å². The van der Waals surface area contributed by atoms with E-state index < -0.39 is 0 Å². The van der Waals surface area contributed by atoms with Crippen LogP contribution in [0.15, 0.2) is 231 Å². The molecule has 9 aromatic carbocycles. The molecular formula is C57H38N4. The zero-order chi connectivity index (χ0) is 40.5. The van der Waals surface area contributed by atoms with Gasteiger partial charge in [-0.1, -0.05) is 188 Å². The summed E-state index contributed by atoms with van der Waals surface area (Å²) in [6, 6.07) is 81.1. The lowest BCUT2D eigenvalue weighted by atomic mass is 9.96. The molecule has 4 nitrogen and oxygen atoms in total. The van der Waals surface area contributed by atoms with E-state index in [0.717, 1.165) is 66.4 Å².